The molecule has 6 nitrogen and oxygen atoms in total. The van der Waals surface area contributed by atoms with Crippen molar-refractivity contribution in [3.63, 3.8) is 0 Å². The lowest BCUT2D eigenvalue weighted by molar-refractivity contribution is -0.118. The first-order chi connectivity index (χ1) is 13.7. The van der Waals surface area contributed by atoms with Crippen molar-refractivity contribution < 1.29 is 19.1 Å². The zero-order chi connectivity index (χ0) is 19.8. The maximum Gasteiger partial charge on any atom is 0.338 e. The Balaban J connectivity index is 1.51. The number of aryl methyl sites for hydroxylation is 1. The number of benzene rings is 1. The summed E-state index contributed by atoms with van der Waals surface area (Å²) in [7, 11) is 0. The highest BCUT2D eigenvalue weighted by molar-refractivity contribution is 5.93. The van der Waals surface area contributed by atoms with Crippen molar-refractivity contribution in [3.05, 3.63) is 53.3 Å². The molecule has 1 aromatic carbocycles. The number of aromatic nitrogens is 1. The van der Waals surface area contributed by atoms with Crippen molar-refractivity contribution in [2.75, 3.05) is 18.5 Å². The Hall–Kier alpha value is -2.89. The number of carbonyl (C=O) groups is 2. The molecule has 0 bridgehead atoms. The molecule has 1 aromatic heterocycles. The summed E-state index contributed by atoms with van der Waals surface area (Å²) < 4.78 is 10.9. The van der Waals surface area contributed by atoms with E-state index in [1.54, 1.807) is 30.5 Å². The van der Waals surface area contributed by atoms with Crippen LogP contribution >= 0.6 is 0 Å². The maximum absolute atomic E-state index is 12.2. The van der Waals surface area contributed by atoms with E-state index < -0.39 is 0 Å². The topological polar surface area (TPSA) is 77.5 Å². The fourth-order valence-electron chi connectivity index (χ4n) is 3.15. The van der Waals surface area contributed by atoms with E-state index in [2.05, 4.69) is 10.3 Å². The van der Waals surface area contributed by atoms with Gasteiger partial charge in [0.25, 0.3) is 5.91 Å². The summed E-state index contributed by atoms with van der Waals surface area (Å²) in [6, 6.07) is 8.47. The van der Waals surface area contributed by atoms with E-state index in [-0.39, 0.29) is 18.5 Å². The molecule has 2 aromatic rings. The molecule has 0 radical (unpaired) electrons. The minimum atomic E-state index is -0.350. The number of anilines is 1. The van der Waals surface area contributed by atoms with Crippen LogP contribution < -0.4 is 10.1 Å². The maximum atomic E-state index is 12.2. The molecule has 1 amide bonds. The third kappa shape index (κ3) is 5.31. The van der Waals surface area contributed by atoms with Crippen LogP contribution in [0.3, 0.4) is 0 Å². The van der Waals surface area contributed by atoms with E-state index >= 15 is 0 Å². The van der Waals surface area contributed by atoms with Gasteiger partial charge in [0, 0.05) is 23.1 Å². The van der Waals surface area contributed by atoms with Crippen molar-refractivity contribution in [1.29, 1.82) is 0 Å². The van der Waals surface area contributed by atoms with Gasteiger partial charge in [-0.1, -0.05) is 13.3 Å². The van der Waals surface area contributed by atoms with E-state index in [9.17, 15) is 9.59 Å². The fraction of sp³-hybridized carbons (Fsp3) is 0.409. The molecule has 0 saturated carbocycles. The van der Waals surface area contributed by atoms with Gasteiger partial charge >= 0.3 is 5.97 Å². The first-order valence-corrected chi connectivity index (χ1v) is 9.84. The van der Waals surface area contributed by atoms with Crippen molar-refractivity contribution in [3.8, 4) is 5.75 Å². The van der Waals surface area contributed by atoms with Crippen LogP contribution in [-0.2, 0) is 22.4 Å². The number of ether oxygens (including phenoxy) is 2. The van der Waals surface area contributed by atoms with E-state index in [1.165, 1.54) is 0 Å². The number of pyridine rings is 1. The molecule has 1 aliphatic carbocycles. The Morgan fingerprint density at radius 3 is 2.68 bits per heavy atom. The third-order valence-corrected chi connectivity index (χ3v) is 4.69. The average molecular weight is 382 g/mol. The number of nitrogens with zero attached hydrogens (tertiary/aromatic N) is 1. The lowest BCUT2D eigenvalue weighted by Gasteiger charge is -2.18. The number of unbranched alkanes of at least 4 members (excludes halogenated alkanes) is 1. The zero-order valence-electron chi connectivity index (χ0n) is 16.2. The number of carbonyl (C=O) groups excluding carboxylic acids is 2. The second kappa shape index (κ2) is 9.88. The predicted molar refractivity (Wildman–Crippen MR) is 107 cm³/mol. The number of nitrogens with one attached hydrogen (secondary N) is 1. The van der Waals surface area contributed by atoms with Crippen LogP contribution in [0.15, 0.2) is 36.5 Å². The summed E-state index contributed by atoms with van der Waals surface area (Å²) in [5.41, 5.74) is 3.27. The standard InChI is InChI=1S/C22H26N2O4/c1-2-3-14-27-22(26)16-8-10-17(11-9-16)24-21(25)15-28-20-12-13-23-19-7-5-4-6-18(19)20/h8-13H,2-7,14-15H2,1H3,(H,24,25). The van der Waals surface area contributed by atoms with E-state index in [0.29, 0.717) is 17.9 Å². The van der Waals surface area contributed by atoms with Gasteiger partial charge in [0.1, 0.15) is 5.75 Å². The van der Waals surface area contributed by atoms with Gasteiger partial charge in [0.2, 0.25) is 0 Å². The van der Waals surface area contributed by atoms with Crippen LogP contribution in [0.1, 0.15) is 54.2 Å². The molecule has 28 heavy (non-hydrogen) atoms. The van der Waals surface area contributed by atoms with Crippen LogP contribution in [0.4, 0.5) is 5.69 Å². The normalized spacial score (nSPS) is 12.8. The first kappa shape index (κ1) is 19.9. The molecule has 1 N–H and O–H groups in total. The highest BCUT2D eigenvalue weighted by Gasteiger charge is 2.16. The second-order valence-corrected chi connectivity index (χ2v) is 6.85. The monoisotopic (exact) mass is 382 g/mol. The Kier molecular flexibility index (Phi) is 7.00. The van der Waals surface area contributed by atoms with Crippen molar-refractivity contribution >= 4 is 17.6 Å². The predicted octanol–water partition coefficient (Wildman–Crippen LogP) is 3.93. The van der Waals surface area contributed by atoms with Crippen molar-refractivity contribution in [2.24, 2.45) is 0 Å². The van der Waals surface area contributed by atoms with Gasteiger partial charge in [-0.3, -0.25) is 9.78 Å². The Labute approximate surface area is 165 Å². The molecule has 1 aliphatic rings. The van der Waals surface area contributed by atoms with E-state index in [4.69, 9.17) is 9.47 Å². The first-order valence-electron chi connectivity index (χ1n) is 9.84. The zero-order valence-corrected chi connectivity index (χ0v) is 16.2. The van der Waals surface area contributed by atoms with Crippen molar-refractivity contribution in [1.82, 2.24) is 4.98 Å². The summed E-state index contributed by atoms with van der Waals surface area (Å²) in [5.74, 6) is 0.141. The smallest absolute Gasteiger partial charge is 0.338 e. The van der Waals surface area contributed by atoms with E-state index in [0.717, 1.165) is 55.5 Å². The summed E-state index contributed by atoms with van der Waals surface area (Å²) in [6.07, 6.45) is 7.72. The van der Waals surface area contributed by atoms with Gasteiger partial charge in [-0.25, -0.2) is 4.79 Å². The van der Waals surface area contributed by atoms with Crippen molar-refractivity contribution in [2.45, 2.75) is 45.4 Å². The van der Waals surface area contributed by atoms with Crippen LogP contribution in [-0.4, -0.2) is 30.1 Å². The Morgan fingerprint density at radius 1 is 1.11 bits per heavy atom. The third-order valence-electron chi connectivity index (χ3n) is 4.69. The number of rotatable bonds is 8. The lowest BCUT2D eigenvalue weighted by Crippen LogP contribution is -2.21. The molecular formula is C22H26N2O4. The second-order valence-electron chi connectivity index (χ2n) is 6.85. The van der Waals surface area contributed by atoms with Crippen LogP contribution in [0, 0.1) is 0 Å². The van der Waals surface area contributed by atoms with Gasteiger partial charge in [0.05, 0.1) is 12.2 Å². The molecule has 0 fully saturated rings. The van der Waals surface area contributed by atoms with Crippen LogP contribution in [0.2, 0.25) is 0 Å². The van der Waals surface area contributed by atoms with E-state index in [1.807, 2.05) is 13.0 Å². The summed E-state index contributed by atoms with van der Waals surface area (Å²) in [5, 5.41) is 2.78. The number of fused-ring (bicyclic) bond motifs is 1. The molecule has 0 atom stereocenters. The number of amides is 1. The minimum Gasteiger partial charge on any atom is -0.483 e. The van der Waals surface area contributed by atoms with Gasteiger partial charge in [-0.05, 0) is 62.4 Å². The summed E-state index contributed by atoms with van der Waals surface area (Å²) in [6.45, 7) is 2.39. The molecule has 0 unspecified atom stereocenters. The summed E-state index contributed by atoms with van der Waals surface area (Å²) in [4.78, 5) is 28.5. The Morgan fingerprint density at radius 2 is 1.89 bits per heavy atom. The quantitative estimate of drug-likeness (QED) is 0.553. The molecule has 1 heterocycles. The molecular weight excluding hydrogens is 356 g/mol. The molecule has 0 spiro atoms. The van der Waals surface area contributed by atoms with Gasteiger partial charge < -0.3 is 14.8 Å². The van der Waals surface area contributed by atoms with Gasteiger partial charge in [-0.15, -0.1) is 0 Å². The average Bonchev–Trinajstić information content (AvgIpc) is 2.73. The summed E-state index contributed by atoms with van der Waals surface area (Å²) >= 11 is 0. The molecule has 0 aliphatic heterocycles. The lowest BCUT2D eigenvalue weighted by atomic mass is 9.95. The fourth-order valence-corrected chi connectivity index (χ4v) is 3.15. The highest BCUT2D eigenvalue weighted by atomic mass is 16.5. The highest BCUT2D eigenvalue weighted by Crippen LogP contribution is 2.27. The van der Waals surface area contributed by atoms with Gasteiger partial charge in [-0.2, -0.15) is 0 Å². The molecule has 148 valence electrons. The van der Waals surface area contributed by atoms with Gasteiger partial charge in [0.15, 0.2) is 6.61 Å². The largest absolute Gasteiger partial charge is 0.483 e. The molecule has 6 heteroatoms. The molecule has 0 saturated heterocycles. The number of hydrogen-bond donors (Lipinski definition) is 1. The molecule has 3 rings (SSSR count). The SMILES string of the molecule is CCCCOC(=O)c1ccc(NC(=O)COc2ccnc3c2CCCC3)cc1. The number of esters is 1. The number of hydrogen-bond acceptors (Lipinski definition) is 5. The minimum absolute atomic E-state index is 0.0722. The van der Waals surface area contributed by atoms with Crippen LogP contribution in [0.25, 0.3) is 0 Å². The Bertz CT molecular complexity index is 818. The van der Waals surface area contributed by atoms with Crippen LogP contribution in [0.5, 0.6) is 5.75 Å².